The Morgan fingerprint density at radius 3 is 2.50 bits per heavy atom. The Labute approximate surface area is 176 Å². The maximum Gasteiger partial charge on any atom is 0.215 e. The van der Waals surface area contributed by atoms with Crippen LogP contribution in [0.2, 0.25) is 0 Å². The van der Waals surface area contributed by atoms with Gasteiger partial charge in [0.1, 0.15) is 0 Å². The fraction of sp³-hybridized carbons (Fsp3) is 0.269. The average molecular weight is 395 g/mol. The van der Waals surface area contributed by atoms with Crippen molar-refractivity contribution in [2.45, 2.75) is 25.8 Å². The summed E-state index contributed by atoms with van der Waals surface area (Å²) in [4.78, 5) is 7.62. The second-order valence-corrected chi connectivity index (χ2v) is 8.37. The van der Waals surface area contributed by atoms with E-state index in [1.165, 1.54) is 59.9 Å². The molecule has 0 unspecified atom stereocenters. The average Bonchev–Trinajstić information content (AvgIpc) is 3.34. The van der Waals surface area contributed by atoms with E-state index >= 15 is 0 Å². The Morgan fingerprint density at radius 2 is 1.57 bits per heavy atom. The molecule has 0 atom stereocenters. The number of piperidine rings is 1. The van der Waals surface area contributed by atoms with Crippen LogP contribution in [0.15, 0.2) is 72.9 Å². The van der Waals surface area contributed by atoms with Crippen LogP contribution in [0.25, 0.3) is 38.8 Å². The van der Waals surface area contributed by atoms with Gasteiger partial charge in [0.25, 0.3) is 0 Å². The Bertz CT molecular complexity index is 1330. The highest BCUT2D eigenvalue weighted by atomic mass is 15.2. The highest BCUT2D eigenvalue weighted by Gasteiger charge is 2.18. The van der Waals surface area contributed by atoms with Crippen molar-refractivity contribution in [1.29, 1.82) is 0 Å². The van der Waals surface area contributed by atoms with Crippen molar-refractivity contribution in [3.05, 3.63) is 72.9 Å². The van der Waals surface area contributed by atoms with Gasteiger partial charge in [0, 0.05) is 24.8 Å². The van der Waals surface area contributed by atoms with Crippen molar-refractivity contribution in [1.82, 2.24) is 18.9 Å². The standard InChI is InChI=1S/C26H26N4/c1-6-15-28(16-7-1)17-18-29-25(22-12-8-10-20-9-2-3-11-21(20)22)19-30-24-14-5-4-13-23(24)27-26(29)30/h2-5,8-14,19H,1,6-7,15-18H2. The van der Waals surface area contributed by atoms with Gasteiger partial charge in [-0.25, -0.2) is 4.98 Å². The maximum absolute atomic E-state index is 5.01. The second kappa shape index (κ2) is 7.29. The zero-order chi connectivity index (χ0) is 19.9. The molecule has 1 fully saturated rings. The van der Waals surface area contributed by atoms with E-state index in [0.29, 0.717) is 0 Å². The minimum absolute atomic E-state index is 0.957. The monoisotopic (exact) mass is 394 g/mol. The highest BCUT2D eigenvalue weighted by Crippen LogP contribution is 2.32. The van der Waals surface area contributed by atoms with E-state index in [4.69, 9.17) is 4.98 Å². The molecule has 0 spiro atoms. The molecule has 4 heteroatoms. The topological polar surface area (TPSA) is 25.5 Å². The van der Waals surface area contributed by atoms with E-state index in [9.17, 15) is 0 Å². The molecule has 150 valence electrons. The number of para-hydroxylation sites is 2. The van der Waals surface area contributed by atoms with Crippen LogP contribution >= 0.6 is 0 Å². The van der Waals surface area contributed by atoms with Gasteiger partial charge in [-0.15, -0.1) is 0 Å². The molecular formula is C26H26N4. The number of fused-ring (bicyclic) bond motifs is 4. The van der Waals surface area contributed by atoms with Crippen LogP contribution < -0.4 is 0 Å². The first-order chi connectivity index (χ1) is 14.9. The van der Waals surface area contributed by atoms with Crippen molar-refractivity contribution < 1.29 is 0 Å². The normalized spacial score (nSPS) is 15.5. The Hall–Kier alpha value is -3.11. The summed E-state index contributed by atoms with van der Waals surface area (Å²) in [7, 11) is 0. The molecule has 2 aromatic heterocycles. The lowest BCUT2D eigenvalue weighted by molar-refractivity contribution is 0.222. The summed E-state index contributed by atoms with van der Waals surface area (Å²) in [6.45, 7) is 4.47. The summed E-state index contributed by atoms with van der Waals surface area (Å²) in [5.74, 6) is 1.04. The van der Waals surface area contributed by atoms with Crippen LogP contribution in [-0.2, 0) is 6.54 Å². The van der Waals surface area contributed by atoms with Crippen LogP contribution in [0.3, 0.4) is 0 Å². The maximum atomic E-state index is 5.01. The summed E-state index contributed by atoms with van der Waals surface area (Å²) in [5, 5.41) is 2.57. The molecule has 5 aromatic rings. The van der Waals surface area contributed by atoms with Crippen LogP contribution in [0.1, 0.15) is 19.3 Å². The van der Waals surface area contributed by atoms with Gasteiger partial charge in [0.15, 0.2) is 0 Å². The fourth-order valence-corrected chi connectivity index (χ4v) is 4.96. The minimum atomic E-state index is 0.957. The molecular weight excluding hydrogens is 368 g/mol. The molecule has 6 rings (SSSR count). The van der Waals surface area contributed by atoms with Gasteiger partial charge in [-0.05, 0) is 48.8 Å². The molecule has 0 saturated carbocycles. The molecule has 1 aliphatic heterocycles. The molecule has 3 aromatic carbocycles. The summed E-state index contributed by atoms with van der Waals surface area (Å²) < 4.78 is 4.69. The van der Waals surface area contributed by atoms with Crippen molar-refractivity contribution in [2.24, 2.45) is 0 Å². The third-order valence-electron chi connectivity index (χ3n) is 6.51. The fourth-order valence-electron chi connectivity index (χ4n) is 4.96. The summed E-state index contributed by atoms with van der Waals surface area (Å²) in [6, 6.07) is 23.7. The zero-order valence-corrected chi connectivity index (χ0v) is 17.2. The van der Waals surface area contributed by atoms with Crippen molar-refractivity contribution in [2.75, 3.05) is 19.6 Å². The van der Waals surface area contributed by atoms with E-state index in [0.717, 1.165) is 24.4 Å². The Balaban J connectivity index is 1.53. The third kappa shape index (κ3) is 2.91. The molecule has 0 bridgehead atoms. The third-order valence-corrected chi connectivity index (χ3v) is 6.51. The molecule has 0 radical (unpaired) electrons. The lowest BCUT2D eigenvalue weighted by Gasteiger charge is -2.26. The first-order valence-electron chi connectivity index (χ1n) is 11.1. The first kappa shape index (κ1) is 17.7. The van der Waals surface area contributed by atoms with Gasteiger partial charge < -0.3 is 9.47 Å². The number of hydrogen-bond acceptors (Lipinski definition) is 2. The molecule has 0 amide bonds. The van der Waals surface area contributed by atoms with Crippen molar-refractivity contribution in [3.8, 4) is 11.3 Å². The van der Waals surface area contributed by atoms with E-state index in [-0.39, 0.29) is 0 Å². The van der Waals surface area contributed by atoms with Gasteiger partial charge >= 0.3 is 0 Å². The number of rotatable bonds is 4. The summed E-state index contributed by atoms with van der Waals surface area (Å²) in [6.07, 6.45) is 6.30. The van der Waals surface area contributed by atoms with E-state index < -0.39 is 0 Å². The van der Waals surface area contributed by atoms with Crippen LogP contribution in [0.4, 0.5) is 0 Å². The molecule has 1 aliphatic rings. The van der Waals surface area contributed by atoms with Gasteiger partial charge in [0.05, 0.1) is 16.7 Å². The van der Waals surface area contributed by atoms with Gasteiger partial charge in [0.2, 0.25) is 5.78 Å². The van der Waals surface area contributed by atoms with E-state index in [1.54, 1.807) is 0 Å². The van der Waals surface area contributed by atoms with E-state index in [2.05, 4.69) is 86.8 Å². The number of nitrogens with zero attached hydrogens (tertiary/aromatic N) is 4. The number of aromatic nitrogens is 3. The zero-order valence-electron chi connectivity index (χ0n) is 17.2. The van der Waals surface area contributed by atoms with Crippen molar-refractivity contribution in [3.63, 3.8) is 0 Å². The molecule has 0 aliphatic carbocycles. The molecule has 30 heavy (non-hydrogen) atoms. The quantitative estimate of drug-likeness (QED) is 0.397. The smallest absolute Gasteiger partial charge is 0.215 e. The van der Waals surface area contributed by atoms with Crippen LogP contribution in [0.5, 0.6) is 0 Å². The number of likely N-dealkylation sites (tertiary alicyclic amines) is 1. The van der Waals surface area contributed by atoms with Crippen molar-refractivity contribution >= 4 is 27.6 Å². The molecule has 1 saturated heterocycles. The van der Waals surface area contributed by atoms with Crippen LogP contribution in [0, 0.1) is 0 Å². The van der Waals surface area contributed by atoms with Gasteiger partial charge in [-0.1, -0.05) is 61.0 Å². The minimum Gasteiger partial charge on any atom is -0.308 e. The largest absolute Gasteiger partial charge is 0.308 e. The highest BCUT2D eigenvalue weighted by molar-refractivity contribution is 5.96. The van der Waals surface area contributed by atoms with E-state index in [1.807, 2.05) is 0 Å². The Morgan fingerprint density at radius 1 is 0.767 bits per heavy atom. The first-order valence-corrected chi connectivity index (χ1v) is 11.1. The van der Waals surface area contributed by atoms with Crippen LogP contribution in [-0.4, -0.2) is 38.5 Å². The summed E-state index contributed by atoms with van der Waals surface area (Å²) in [5.41, 5.74) is 4.76. The number of benzene rings is 3. The lowest BCUT2D eigenvalue weighted by atomic mass is 10.0. The van der Waals surface area contributed by atoms with Gasteiger partial charge in [-0.3, -0.25) is 4.40 Å². The SMILES string of the molecule is c1ccc2c(-c3cn4c5ccccc5nc4n3CCN3CCCCC3)cccc2c1. The predicted octanol–water partition coefficient (Wildman–Crippen LogP) is 5.60. The second-order valence-electron chi connectivity index (χ2n) is 8.37. The summed E-state index contributed by atoms with van der Waals surface area (Å²) >= 11 is 0. The molecule has 4 nitrogen and oxygen atoms in total. The Kier molecular flexibility index (Phi) is 4.31. The molecule has 3 heterocycles. The number of hydrogen-bond donors (Lipinski definition) is 0. The number of imidazole rings is 2. The lowest BCUT2D eigenvalue weighted by Crippen LogP contribution is -2.32. The van der Waals surface area contributed by atoms with Gasteiger partial charge in [-0.2, -0.15) is 0 Å². The predicted molar refractivity (Wildman–Crippen MR) is 124 cm³/mol. The molecule has 0 N–H and O–H groups in total.